The number of ether oxygens (including phenoxy) is 2. The lowest BCUT2D eigenvalue weighted by atomic mass is 10.1. The third-order valence-corrected chi connectivity index (χ3v) is 6.64. The van der Waals surface area contributed by atoms with E-state index < -0.39 is 0 Å². The van der Waals surface area contributed by atoms with E-state index in [1.165, 1.54) is 11.1 Å². The van der Waals surface area contributed by atoms with Gasteiger partial charge in [-0.1, -0.05) is 42.1 Å². The lowest BCUT2D eigenvalue weighted by Gasteiger charge is -2.16. The van der Waals surface area contributed by atoms with Crippen LogP contribution in [0.25, 0.3) is 11.4 Å². The third kappa shape index (κ3) is 5.17. The van der Waals surface area contributed by atoms with Crippen molar-refractivity contribution in [2.24, 2.45) is 7.05 Å². The van der Waals surface area contributed by atoms with Crippen LogP contribution >= 0.6 is 24.2 Å². The first-order valence-corrected chi connectivity index (χ1v) is 11.3. The summed E-state index contributed by atoms with van der Waals surface area (Å²) in [4.78, 5) is 0. The zero-order valence-electron chi connectivity index (χ0n) is 18.1. The highest BCUT2D eigenvalue weighted by atomic mass is 35.5. The van der Waals surface area contributed by atoms with E-state index in [4.69, 9.17) is 9.47 Å². The molecule has 0 saturated heterocycles. The smallest absolute Gasteiger partial charge is 0.191 e. The Morgan fingerprint density at radius 3 is 2.58 bits per heavy atom. The van der Waals surface area contributed by atoms with Gasteiger partial charge in [0.05, 0.1) is 14.2 Å². The lowest BCUT2D eigenvalue weighted by molar-refractivity contribution is 0.354. The molecule has 1 aromatic heterocycles. The van der Waals surface area contributed by atoms with E-state index in [2.05, 4.69) is 44.3 Å². The van der Waals surface area contributed by atoms with Crippen LogP contribution in [0.1, 0.15) is 30.0 Å². The number of nitrogens with zero attached hydrogens (tertiary/aromatic N) is 3. The fourth-order valence-corrected chi connectivity index (χ4v) is 4.79. The van der Waals surface area contributed by atoms with E-state index in [-0.39, 0.29) is 12.4 Å². The summed E-state index contributed by atoms with van der Waals surface area (Å²) in [5.41, 5.74) is 3.78. The standard InChI is InChI=1S/C23H28N4O2S.ClH/c1-27-22(16-8-5-4-6-9-16)25-26-23(27)30-13-7-12-24-19-11-10-17-14-20(28-2)21(29-3)15-18(17)19;/h4-6,8-9,14-15,19,24H,7,10-13H2,1-3H3;1H. The van der Waals surface area contributed by atoms with Crippen LogP contribution in [0.4, 0.5) is 0 Å². The number of aromatic nitrogens is 3. The second-order valence-electron chi connectivity index (χ2n) is 7.38. The molecule has 1 aliphatic rings. The van der Waals surface area contributed by atoms with Crippen LogP contribution in [0, 0.1) is 0 Å². The molecule has 2 aromatic carbocycles. The molecule has 1 atom stereocenters. The number of rotatable bonds is 9. The predicted octanol–water partition coefficient (Wildman–Crippen LogP) is 4.68. The summed E-state index contributed by atoms with van der Waals surface area (Å²) in [5.74, 6) is 3.52. The highest BCUT2D eigenvalue weighted by molar-refractivity contribution is 7.99. The van der Waals surface area contributed by atoms with Gasteiger partial charge < -0.3 is 19.4 Å². The number of nitrogens with one attached hydrogen (secondary N) is 1. The highest BCUT2D eigenvalue weighted by Crippen LogP contribution is 2.39. The topological polar surface area (TPSA) is 61.2 Å². The number of methoxy groups -OCH3 is 2. The van der Waals surface area contributed by atoms with Gasteiger partial charge in [0.2, 0.25) is 0 Å². The number of fused-ring (bicyclic) bond motifs is 1. The molecule has 1 N–H and O–H groups in total. The van der Waals surface area contributed by atoms with Gasteiger partial charge in [0.15, 0.2) is 22.5 Å². The van der Waals surface area contributed by atoms with Gasteiger partial charge in [-0.2, -0.15) is 0 Å². The summed E-state index contributed by atoms with van der Waals surface area (Å²) in [6.07, 6.45) is 3.25. The van der Waals surface area contributed by atoms with Crippen LogP contribution in [0.3, 0.4) is 0 Å². The minimum atomic E-state index is 0. The summed E-state index contributed by atoms with van der Waals surface area (Å²) >= 11 is 1.75. The lowest BCUT2D eigenvalue weighted by Crippen LogP contribution is -2.21. The molecule has 0 bridgehead atoms. The maximum absolute atomic E-state index is 5.48. The molecule has 0 aliphatic heterocycles. The van der Waals surface area contributed by atoms with Gasteiger partial charge >= 0.3 is 0 Å². The van der Waals surface area contributed by atoms with Gasteiger partial charge in [-0.25, -0.2) is 0 Å². The Morgan fingerprint density at radius 1 is 1.10 bits per heavy atom. The normalized spacial score (nSPS) is 14.7. The minimum Gasteiger partial charge on any atom is -0.493 e. The van der Waals surface area contributed by atoms with Crippen LogP contribution in [0.5, 0.6) is 11.5 Å². The van der Waals surface area contributed by atoms with E-state index in [0.717, 1.165) is 59.6 Å². The summed E-state index contributed by atoms with van der Waals surface area (Å²) < 4.78 is 13.0. The van der Waals surface area contributed by atoms with Crippen LogP contribution < -0.4 is 14.8 Å². The third-order valence-electron chi connectivity index (χ3n) is 5.53. The molecule has 166 valence electrons. The van der Waals surface area contributed by atoms with E-state index in [9.17, 15) is 0 Å². The molecule has 3 aromatic rings. The Morgan fingerprint density at radius 2 is 1.84 bits per heavy atom. The van der Waals surface area contributed by atoms with Crippen molar-refractivity contribution in [2.75, 3.05) is 26.5 Å². The maximum Gasteiger partial charge on any atom is 0.191 e. The molecule has 31 heavy (non-hydrogen) atoms. The van der Waals surface area contributed by atoms with Gasteiger partial charge in [0, 0.05) is 24.4 Å². The van der Waals surface area contributed by atoms with Crippen LogP contribution in [-0.4, -0.2) is 41.3 Å². The first-order chi connectivity index (χ1) is 14.7. The number of halogens is 1. The first kappa shape index (κ1) is 23.4. The zero-order chi connectivity index (χ0) is 20.9. The van der Waals surface area contributed by atoms with Crippen molar-refractivity contribution in [2.45, 2.75) is 30.5 Å². The van der Waals surface area contributed by atoms with Crippen molar-refractivity contribution in [3.05, 3.63) is 53.6 Å². The summed E-state index contributed by atoms with van der Waals surface area (Å²) in [7, 11) is 5.40. The fraction of sp³-hybridized carbons (Fsp3) is 0.391. The van der Waals surface area contributed by atoms with Crippen LogP contribution in [0.2, 0.25) is 0 Å². The number of hydrogen-bond acceptors (Lipinski definition) is 6. The molecule has 1 aliphatic carbocycles. The van der Waals surface area contributed by atoms with E-state index in [1.54, 1.807) is 26.0 Å². The molecule has 1 heterocycles. The van der Waals surface area contributed by atoms with Crippen LogP contribution in [0.15, 0.2) is 47.6 Å². The Balaban J connectivity index is 0.00000272. The molecule has 0 spiro atoms. The van der Waals surface area contributed by atoms with E-state index in [0.29, 0.717) is 6.04 Å². The van der Waals surface area contributed by atoms with Gasteiger partial charge in [-0.15, -0.1) is 22.6 Å². The molecule has 0 fully saturated rings. The monoisotopic (exact) mass is 460 g/mol. The van der Waals surface area contributed by atoms with Gasteiger partial charge in [-0.05, 0) is 49.1 Å². The zero-order valence-corrected chi connectivity index (χ0v) is 19.8. The van der Waals surface area contributed by atoms with Crippen molar-refractivity contribution >= 4 is 24.2 Å². The molecule has 0 amide bonds. The van der Waals surface area contributed by atoms with Gasteiger partial charge in [0.25, 0.3) is 0 Å². The SMILES string of the molecule is COc1cc2c(cc1OC)C(NCCCSc1nnc(-c3ccccc3)n1C)CC2.Cl. The molecular weight excluding hydrogens is 432 g/mol. The molecule has 0 saturated carbocycles. The number of benzene rings is 2. The molecular formula is C23H29ClN4O2S. The molecule has 4 rings (SSSR count). The maximum atomic E-state index is 5.48. The van der Waals surface area contributed by atoms with Crippen molar-refractivity contribution in [3.8, 4) is 22.9 Å². The fourth-order valence-electron chi connectivity index (χ4n) is 3.94. The summed E-state index contributed by atoms with van der Waals surface area (Å²) in [6, 6.07) is 14.8. The van der Waals surface area contributed by atoms with Crippen molar-refractivity contribution in [3.63, 3.8) is 0 Å². The number of hydrogen-bond donors (Lipinski definition) is 1. The van der Waals surface area contributed by atoms with E-state index >= 15 is 0 Å². The Hall–Kier alpha value is -2.22. The van der Waals surface area contributed by atoms with Crippen LogP contribution in [-0.2, 0) is 13.5 Å². The molecule has 0 radical (unpaired) electrons. The Bertz CT molecular complexity index is 997. The van der Waals surface area contributed by atoms with Crippen molar-refractivity contribution in [1.29, 1.82) is 0 Å². The van der Waals surface area contributed by atoms with E-state index in [1.807, 2.05) is 25.2 Å². The number of thioether (sulfide) groups is 1. The summed E-state index contributed by atoms with van der Waals surface area (Å²) in [6.45, 7) is 0.967. The highest BCUT2D eigenvalue weighted by Gasteiger charge is 2.24. The average Bonchev–Trinajstić information content (AvgIpc) is 3.36. The average molecular weight is 461 g/mol. The molecule has 1 unspecified atom stereocenters. The minimum absolute atomic E-state index is 0. The quantitative estimate of drug-likeness (QED) is 0.369. The first-order valence-electron chi connectivity index (χ1n) is 10.3. The second kappa shape index (κ2) is 10.9. The Labute approximate surface area is 194 Å². The largest absolute Gasteiger partial charge is 0.493 e. The molecule has 6 nitrogen and oxygen atoms in total. The van der Waals surface area contributed by atoms with Crippen molar-refractivity contribution < 1.29 is 9.47 Å². The van der Waals surface area contributed by atoms with Crippen molar-refractivity contribution in [1.82, 2.24) is 20.1 Å². The number of aryl methyl sites for hydroxylation is 1. The predicted molar refractivity (Wildman–Crippen MR) is 128 cm³/mol. The van der Waals surface area contributed by atoms with Gasteiger partial charge in [0.1, 0.15) is 0 Å². The molecule has 8 heteroatoms. The summed E-state index contributed by atoms with van der Waals surface area (Å²) in [5, 5.41) is 13.4. The van der Waals surface area contributed by atoms with Gasteiger partial charge in [-0.3, -0.25) is 0 Å². The Kier molecular flexibility index (Phi) is 8.23. The second-order valence-corrected chi connectivity index (χ2v) is 8.45.